The molecule has 1 fully saturated rings. The molecule has 6 nitrogen and oxygen atoms in total. The number of hydrogen-bond donors (Lipinski definition) is 0. The van der Waals surface area contributed by atoms with E-state index < -0.39 is 5.41 Å². The first kappa shape index (κ1) is 22.5. The van der Waals surface area contributed by atoms with Gasteiger partial charge in [-0.3, -0.25) is 4.90 Å². The summed E-state index contributed by atoms with van der Waals surface area (Å²) in [5.74, 6) is 0.989. The Morgan fingerprint density at radius 3 is 2.59 bits per heavy atom. The third-order valence-corrected chi connectivity index (χ3v) is 7.69. The Kier molecular flexibility index (Phi) is 6.91. The van der Waals surface area contributed by atoms with Crippen LogP contribution in [0.5, 0.6) is 0 Å². The van der Waals surface area contributed by atoms with Crippen LogP contribution in [0.15, 0.2) is 40.8 Å². The first-order valence-electron chi connectivity index (χ1n) is 11.2. The Hall–Kier alpha value is -2.71. The first-order chi connectivity index (χ1) is 15.5. The van der Waals surface area contributed by atoms with Crippen molar-refractivity contribution in [1.29, 1.82) is 5.26 Å². The molecular weight excluding hydrogens is 418 g/mol. The number of fused-ring (bicyclic) bond motifs is 1. The zero-order chi connectivity index (χ0) is 22.6. The number of para-hydroxylation sites is 2. The monoisotopic (exact) mass is 447 g/mol. The third kappa shape index (κ3) is 4.71. The Balaban J connectivity index is 1.28. The van der Waals surface area contributed by atoms with Gasteiger partial charge in [0, 0.05) is 31.1 Å². The number of nitrogens with zero attached hydrogens (tertiary/aromatic N) is 5. The molecule has 32 heavy (non-hydrogen) atoms. The Labute approximate surface area is 193 Å². The highest BCUT2D eigenvalue weighted by Crippen LogP contribution is 2.42. The average molecular weight is 448 g/mol. The van der Waals surface area contributed by atoms with Crippen molar-refractivity contribution in [1.82, 2.24) is 14.8 Å². The van der Waals surface area contributed by atoms with Gasteiger partial charge in [-0.05, 0) is 43.5 Å². The molecule has 4 rings (SSSR count). The van der Waals surface area contributed by atoms with E-state index in [1.807, 2.05) is 36.4 Å². The SMILES string of the molecule is [C-]#[N+]c1ccc(C(C#N)(CCCN2CCN(Cc3nc4ccccc4o3)CC2)C(C)C)s1. The summed E-state index contributed by atoms with van der Waals surface area (Å²) < 4.78 is 5.87. The number of piperazine rings is 1. The van der Waals surface area contributed by atoms with Crippen LogP contribution in [-0.2, 0) is 12.0 Å². The van der Waals surface area contributed by atoms with Gasteiger partial charge in [0.15, 0.2) is 5.58 Å². The number of hydrogen-bond acceptors (Lipinski definition) is 6. The zero-order valence-corrected chi connectivity index (χ0v) is 19.6. The summed E-state index contributed by atoms with van der Waals surface area (Å²) in [5, 5.41) is 10.8. The highest BCUT2D eigenvalue weighted by atomic mass is 32.1. The maximum absolute atomic E-state index is 10.1. The quantitative estimate of drug-likeness (QED) is 0.429. The minimum Gasteiger partial charge on any atom is -0.439 e. The van der Waals surface area contributed by atoms with Gasteiger partial charge in [0.2, 0.25) is 10.9 Å². The van der Waals surface area contributed by atoms with Crippen LogP contribution in [0.3, 0.4) is 0 Å². The molecule has 0 bridgehead atoms. The molecule has 1 saturated heterocycles. The smallest absolute Gasteiger partial charge is 0.241 e. The highest BCUT2D eigenvalue weighted by molar-refractivity contribution is 7.16. The van der Waals surface area contributed by atoms with Gasteiger partial charge in [-0.2, -0.15) is 16.6 Å². The summed E-state index contributed by atoms with van der Waals surface area (Å²) in [4.78, 5) is 14.0. The van der Waals surface area contributed by atoms with Crippen LogP contribution in [0.4, 0.5) is 5.00 Å². The van der Waals surface area contributed by atoms with Crippen LogP contribution >= 0.6 is 11.3 Å². The van der Waals surface area contributed by atoms with Crippen LogP contribution in [0.1, 0.15) is 37.5 Å². The lowest BCUT2D eigenvalue weighted by Gasteiger charge is -2.35. The van der Waals surface area contributed by atoms with E-state index in [-0.39, 0.29) is 5.92 Å². The van der Waals surface area contributed by atoms with Gasteiger partial charge in [-0.15, -0.1) is 0 Å². The van der Waals surface area contributed by atoms with Gasteiger partial charge in [-0.25, -0.2) is 9.83 Å². The summed E-state index contributed by atoms with van der Waals surface area (Å²) in [6.07, 6.45) is 1.80. The minimum atomic E-state index is -0.512. The van der Waals surface area contributed by atoms with Crippen LogP contribution in [0.25, 0.3) is 15.9 Å². The molecule has 166 valence electrons. The molecule has 0 radical (unpaired) electrons. The normalized spacial score (nSPS) is 17.3. The number of rotatable bonds is 8. The van der Waals surface area contributed by atoms with E-state index in [1.165, 1.54) is 11.3 Å². The molecule has 0 saturated carbocycles. The lowest BCUT2D eigenvalue weighted by Crippen LogP contribution is -2.46. The second-order valence-corrected chi connectivity index (χ2v) is 9.85. The van der Waals surface area contributed by atoms with Crippen molar-refractivity contribution < 1.29 is 4.42 Å². The molecule has 3 heterocycles. The maximum Gasteiger partial charge on any atom is 0.241 e. The van der Waals surface area contributed by atoms with Gasteiger partial charge < -0.3 is 9.32 Å². The highest BCUT2D eigenvalue weighted by Gasteiger charge is 2.37. The molecule has 1 aliphatic rings. The van der Waals surface area contributed by atoms with Gasteiger partial charge in [0.1, 0.15) is 5.52 Å². The van der Waals surface area contributed by atoms with E-state index in [2.05, 4.69) is 39.5 Å². The van der Waals surface area contributed by atoms with Gasteiger partial charge in [0.25, 0.3) is 0 Å². The van der Waals surface area contributed by atoms with E-state index in [4.69, 9.17) is 11.0 Å². The van der Waals surface area contributed by atoms with Gasteiger partial charge in [0.05, 0.1) is 24.6 Å². The van der Waals surface area contributed by atoms with Gasteiger partial charge in [-0.1, -0.05) is 32.0 Å². The Bertz CT molecular complexity index is 1100. The molecule has 3 aromatic rings. The van der Waals surface area contributed by atoms with Crippen molar-refractivity contribution in [3.05, 3.63) is 58.6 Å². The van der Waals surface area contributed by atoms with Crippen LogP contribution in [0.2, 0.25) is 0 Å². The number of benzene rings is 1. The standard InChI is InChI=1S/C25H29N5OS/c1-19(2)25(18-26,22-9-10-24(27-3)32-22)11-6-12-29-13-15-30(16-14-29)17-23-28-20-7-4-5-8-21(20)31-23/h4-5,7-10,19H,6,11-17H2,1-2H3. The molecule has 1 aliphatic heterocycles. The van der Waals surface area contributed by atoms with E-state index in [9.17, 15) is 5.26 Å². The molecule has 2 aromatic heterocycles. The van der Waals surface area contributed by atoms with Crippen molar-refractivity contribution in [2.45, 2.75) is 38.6 Å². The molecule has 1 aromatic carbocycles. The summed E-state index contributed by atoms with van der Waals surface area (Å²) >= 11 is 1.47. The van der Waals surface area contributed by atoms with Crippen molar-refractivity contribution in [2.24, 2.45) is 5.92 Å². The second kappa shape index (κ2) is 9.83. The summed E-state index contributed by atoms with van der Waals surface area (Å²) in [6, 6.07) is 14.3. The van der Waals surface area contributed by atoms with Crippen molar-refractivity contribution in [2.75, 3.05) is 32.7 Å². The summed E-state index contributed by atoms with van der Waals surface area (Å²) in [5.41, 5.74) is 1.26. The molecule has 0 N–H and O–H groups in total. The van der Waals surface area contributed by atoms with Crippen LogP contribution in [-0.4, -0.2) is 47.5 Å². The predicted octanol–water partition coefficient (Wildman–Crippen LogP) is 5.46. The summed E-state index contributed by atoms with van der Waals surface area (Å²) in [7, 11) is 0. The predicted molar refractivity (Wildman–Crippen MR) is 128 cm³/mol. The van der Waals surface area contributed by atoms with Crippen molar-refractivity contribution in [3.8, 4) is 6.07 Å². The fraction of sp³-hybridized carbons (Fsp3) is 0.480. The Morgan fingerprint density at radius 2 is 1.94 bits per heavy atom. The van der Waals surface area contributed by atoms with Gasteiger partial charge >= 0.3 is 0 Å². The van der Waals surface area contributed by atoms with E-state index in [0.29, 0.717) is 5.00 Å². The van der Waals surface area contributed by atoms with E-state index in [1.54, 1.807) is 0 Å². The molecule has 1 unspecified atom stereocenters. The number of oxazole rings is 1. The van der Waals surface area contributed by atoms with Crippen LogP contribution in [0, 0.1) is 23.8 Å². The number of aromatic nitrogens is 1. The second-order valence-electron chi connectivity index (χ2n) is 8.78. The average Bonchev–Trinajstić information content (AvgIpc) is 3.44. The molecule has 7 heteroatoms. The maximum atomic E-state index is 10.1. The first-order valence-corrected chi connectivity index (χ1v) is 12.0. The topological polar surface area (TPSA) is 60.7 Å². The van der Waals surface area contributed by atoms with Crippen molar-refractivity contribution in [3.63, 3.8) is 0 Å². The summed E-state index contributed by atoms with van der Waals surface area (Å²) in [6.45, 7) is 17.2. The van der Waals surface area contributed by atoms with E-state index >= 15 is 0 Å². The fourth-order valence-electron chi connectivity index (χ4n) is 4.50. The van der Waals surface area contributed by atoms with Crippen LogP contribution < -0.4 is 0 Å². The molecule has 0 aliphatic carbocycles. The fourth-order valence-corrected chi connectivity index (χ4v) is 5.60. The zero-order valence-electron chi connectivity index (χ0n) is 18.8. The van der Waals surface area contributed by atoms with E-state index in [0.717, 1.165) is 74.0 Å². The molecule has 0 amide bonds. The Morgan fingerprint density at radius 1 is 1.19 bits per heavy atom. The molecule has 1 atom stereocenters. The number of nitriles is 1. The lowest BCUT2D eigenvalue weighted by atomic mass is 9.73. The lowest BCUT2D eigenvalue weighted by molar-refractivity contribution is 0.116. The molecule has 0 spiro atoms. The number of thiophene rings is 1. The minimum absolute atomic E-state index is 0.206. The third-order valence-electron chi connectivity index (χ3n) is 6.53. The molecular formula is C25H29N5OS. The largest absolute Gasteiger partial charge is 0.439 e. The van der Waals surface area contributed by atoms with Crippen molar-refractivity contribution >= 4 is 27.4 Å².